The summed E-state index contributed by atoms with van der Waals surface area (Å²) in [5.74, 6) is -0.861. The van der Waals surface area contributed by atoms with Crippen LogP contribution in [0.3, 0.4) is 0 Å². The number of aromatic nitrogens is 1. The number of morpholine rings is 1. The molecule has 0 spiro atoms. The lowest BCUT2D eigenvalue weighted by molar-refractivity contribution is -0.923. The van der Waals surface area contributed by atoms with E-state index in [1.54, 1.807) is 7.11 Å². The van der Waals surface area contributed by atoms with Gasteiger partial charge >= 0.3 is 0 Å². The molecule has 1 amide bonds. The molecule has 9 heteroatoms. The van der Waals surface area contributed by atoms with Gasteiger partial charge in [0.15, 0.2) is 11.2 Å². The van der Waals surface area contributed by atoms with Crippen LogP contribution >= 0.6 is 11.3 Å². The number of benzene rings is 1. The average Bonchev–Trinajstić information content (AvgIpc) is 3.15. The monoisotopic (exact) mass is 391 g/mol. The molecule has 0 radical (unpaired) electrons. The largest absolute Gasteiger partial charge is 0.550 e. The van der Waals surface area contributed by atoms with E-state index in [1.165, 1.54) is 11.3 Å². The quantitative estimate of drug-likeness (QED) is 0.639. The van der Waals surface area contributed by atoms with E-state index in [-0.39, 0.29) is 12.3 Å². The zero-order chi connectivity index (χ0) is 19.2. The van der Waals surface area contributed by atoms with Gasteiger partial charge in [0.05, 0.1) is 26.0 Å². The minimum Gasteiger partial charge on any atom is -0.550 e. The number of quaternary nitrogens is 1. The van der Waals surface area contributed by atoms with Gasteiger partial charge in [-0.3, -0.25) is 10.1 Å². The Kier molecular flexibility index (Phi) is 6.38. The van der Waals surface area contributed by atoms with E-state index in [9.17, 15) is 14.7 Å². The van der Waals surface area contributed by atoms with E-state index in [0.29, 0.717) is 31.4 Å². The number of nitrogens with zero attached hydrogens (tertiary/aromatic N) is 1. The van der Waals surface area contributed by atoms with Crippen LogP contribution in [0.1, 0.15) is 6.42 Å². The number of hydrogen-bond donors (Lipinski definition) is 2. The number of ether oxygens (including phenoxy) is 2. The van der Waals surface area contributed by atoms with Crippen LogP contribution in [0.2, 0.25) is 0 Å². The van der Waals surface area contributed by atoms with E-state index in [0.717, 1.165) is 21.9 Å². The Hall–Kier alpha value is -2.49. The van der Waals surface area contributed by atoms with Crippen molar-refractivity contribution in [1.29, 1.82) is 0 Å². The second-order valence-corrected chi connectivity index (χ2v) is 7.01. The molecule has 0 aliphatic carbocycles. The van der Waals surface area contributed by atoms with Crippen molar-refractivity contribution in [3.63, 3.8) is 0 Å². The smallest absolute Gasteiger partial charge is 0.284 e. The summed E-state index contributed by atoms with van der Waals surface area (Å²) in [7, 11) is 1.60. The fourth-order valence-electron chi connectivity index (χ4n) is 2.99. The number of carboxylic acid groups (broad SMARTS) is 1. The SMILES string of the molecule is COc1ccc(-c2csc(NC(=O)[C@@H](CC(=O)[O-])[NH+]3CCOCC3)n2)cc1. The third-order valence-corrected chi connectivity index (χ3v) is 5.19. The van der Waals surface area contributed by atoms with Crippen LogP contribution in [0.15, 0.2) is 29.6 Å². The Morgan fingerprint density at radius 3 is 2.67 bits per heavy atom. The minimum atomic E-state index is -1.24. The van der Waals surface area contributed by atoms with E-state index >= 15 is 0 Å². The molecule has 0 saturated carbocycles. The van der Waals surface area contributed by atoms with Crippen LogP contribution < -0.4 is 20.1 Å². The molecule has 1 fully saturated rings. The van der Waals surface area contributed by atoms with Crippen molar-refractivity contribution >= 4 is 28.3 Å². The van der Waals surface area contributed by atoms with E-state index in [1.807, 2.05) is 29.6 Å². The zero-order valence-electron chi connectivity index (χ0n) is 14.9. The molecule has 0 bridgehead atoms. The maximum atomic E-state index is 12.7. The van der Waals surface area contributed by atoms with Gasteiger partial charge in [0.25, 0.3) is 5.91 Å². The van der Waals surface area contributed by atoms with Crippen molar-refractivity contribution in [3.8, 4) is 17.0 Å². The lowest BCUT2D eigenvalue weighted by Gasteiger charge is -2.30. The summed E-state index contributed by atoms with van der Waals surface area (Å²) in [6, 6.07) is 6.72. The molecule has 2 heterocycles. The number of aliphatic carboxylic acids is 1. The predicted molar refractivity (Wildman–Crippen MR) is 97.7 cm³/mol. The first kappa shape index (κ1) is 19.3. The molecule has 0 unspecified atom stereocenters. The van der Waals surface area contributed by atoms with Gasteiger partial charge < -0.3 is 24.3 Å². The standard InChI is InChI=1S/C18H21N3O5S/c1-25-13-4-2-12(3-5-13)14-11-27-18(19-14)20-17(24)15(10-16(22)23)21-6-8-26-9-7-21/h2-5,11,15H,6-10H2,1H3,(H,22,23)(H,19,20,24)/t15-/m1/s1. The first-order chi connectivity index (χ1) is 13.1. The number of anilines is 1. The normalized spacial score (nSPS) is 15.9. The number of carboxylic acids is 1. The number of nitrogens with one attached hydrogen (secondary N) is 2. The molecule has 1 aliphatic heterocycles. The van der Waals surface area contributed by atoms with Gasteiger partial charge in [-0.1, -0.05) is 0 Å². The van der Waals surface area contributed by atoms with Crippen molar-refractivity contribution in [1.82, 2.24) is 4.98 Å². The summed E-state index contributed by atoms with van der Waals surface area (Å²) in [4.78, 5) is 29.1. The number of methoxy groups -OCH3 is 1. The van der Waals surface area contributed by atoms with E-state index in [2.05, 4.69) is 10.3 Å². The van der Waals surface area contributed by atoms with Gasteiger partial charge in [-0.05, 0) is 24.3 Å². The summed E-state index contributed by atoms with van der Waals surface area (Å²) in [6.45, 7) is 2.18. The summed E-state index contributed by atoms with van der Waals surface area (Å²) >= 11 is 1.29. The number of carbonyl (C=O) groups is 2. The zero-order valence-corrected chi connectivity index (χ0v) is 15.7. The second-order valence-electron chi connectivity index (χ2n) is 6.15. The average molecular weight is 391 g/mol. The number of amides is 1. The summed E-state index contributed by atoms with van der Waals surface area (Å²) in [5.41, 5.74) is 1.63. The maximum Gasteiger partial charge on any atom is 0.284 e. The first-order valence-electron chi connectivity index (χ1n) is 8.60. The highest BCUT2D eigenvalue weighted by Crippen LogP contribution is 2.26. The highest BCUT2D eigenvalue weighted by atomic mass is 32.1. The van der Waals surface area contributed by atoms with Crippen molar-refractivity contribution < 1.29 is 29.1 Å². The minimum absolute atomic E-state index is 0.335. The van der Waals surface area contributed by atoms with Crippen LogP contribution in [0.5, 0.6) is 5.75 Å². The van der Waals surface area contributed by atoms with Crippen molar-refractivity contribution in [2.45, 2.75) is 12.5 Å². The molecular weight excluding hydrogens is 370 g/mol. The van der Waals surface area contributed by atoms with Gasteiger partial charge in [0.2, 0.25) is 0 Å². The molecule has 144 valence electrons. The van der Waals surface area contributed by atoms with Crippen LogP contribution in [0, 0.1) is 0 Å². The highest BCUT2D eigenvalue weighted by Gasteiger charge is 2.32. The van der Waals surface area contributed by atoms with Crippen molar-refractivity contribution in [2.24, 2.45) is 0 Å². The molecule has 2 N–H and O–H groups in total. The molecule has 1 aromatic heterocycles. The van der Waals surface area contributed by atoms with Crippen LogP contribution in [0.4, 0.5) is 5.13 Å². The van der Waals surface area contributed by atoms with Crippen molar-refractivity contribution in [2.75, 3.05) is 38.7 Å². The summed E-state index contributed by atoms with van der Waals surface area (Å²) < 4.78 is 10.4. The second kappa shape index (κ2) is 8.94. The van der Waals surface area contributed by atoms with E-state index in [4.69, 9.17) is 9.47 Å². The number of thiazole rings is 1. The number of carbonyl (C=O) groups excluding carboxylic acids is 2. The maximum absolute atomic E-state index is 12.7. The summed E-state index contributed by atoms with van der Waals surface area (Å²) in [6.07, 6.45) is -0.335. The number of hydrogen-bond acceptors (Lipinski definition) is 7. The topological polar surface area (TPSA) is 105 Å². The molecule has 1 aromatic carbocycles. The van der Waals surface area contributed by atoms with Crippen LogP contribution in [0.25, 0.3) is 11.3 Å². The Morgan fingerprint density at radius 2 is 2.04 bits per heavy atom. The Labute approximate surface area is 160 Å². The molecule has 1 aliphatic rings. The molecule has 2 aromatic rings. The lowest BCUT2D eigenvalue weighted by atomic mass is 10.1. The first-order valence-corrected chi connectivity index (χ1v) is 9.48. The van der Waals surface area contributed by atoms with E-state index < -0.39 is 12.0 Å². The Balaban J connectivity index is 1.69. The van der Waals surface area contributed by atoms with Gasteiger partial charge in [0.1, 0.15) is 18.8 Å². The molecular formula is C18H21N3O5S. The predicted octanol–water partition coefficient (Wildman–Crippen LogP) is -0.819. The molecule has 1 saturated heterocycles. The van der Waals surface area contributed by atoms with Gasteiger partial charge in [-0.25, -0.2) is 4.98 Å². The Morgan fingerprint density at radius 1 is 1.33 bits per heavy atom. The fraction of sp³-hybridized carbons (Fsp3) is 0.389. The van der Waals surface area contributed by atoms with Gasteiger partial charge in [0, 0.05) is 23.3 Å². The third kappa shape index (κ3) is 5.03. The molecule has 1 atom stereocenters. The fourth-order valence-corrected chi connectivity index (χ4v) is 3.71. The highest BCUT2D eigenvalue weighted by molar-refractivity contribution is 7.14. The number of rotatable bonds is 7. The molecule has 3 rings (SSSR count). The van der Waals surface area contributed by atoms with Gasteiger partial charge in [-0.2, -0.15) is 0 Å². The Bertz CT molecular complexity index is 787. The van der Waals surface area contributed by atoms with Gasteiger partial charge in [-0.15, -0.1) is 11.3 Å². The molecule has 27 heavy (non-hydrogen) atoms. The lowest BCUT2D eigenvalue weighted by Crippen LogP contribution is -3.19. The van der Waals surface area contributed by atoms with Crippen LogP contribution in [-0.2, 0) is 14.3 Å². The molecule has 8 nitrogen and oxygen atoms in total. The van der Waals surface area contributed by atoms with Crippen molar-refractivity contribution in [3.05, 3.63) is 29.6 Å². The van der Waals surface area contributed by atoms with Crippen LogP contribution in [-0.4, -0.2) is 56.3 Å². The summed E-state index contributed by atoms with van der Waals surface area (Å²) in [5, 5.41) is 16.1. The third-order valence-electron chi connectivity index (χ3n) is 4.44.